The molecule has 2 N–H and O–H groups in total. The number of nitrogen functional groups attached to an aromatic ring is 1. The molecule has 1 aromatic heterocycles. The van der Waals surface area contributed by atoms with Crippen molar-refractivity contribution in [2.24, 2.45) is 0 Å². The van der Waals surface area contributed by atoms with Gasteiger partial charge in [0.2, 0.25) is 5.16 Å². The fourth-order valence-electron chi connectivity index (χ4n) is 2.30. The summed E-state index contributed by atoms with van der Waals surface area (Å²) in [5.74, 6) is 6.57. The van der Waals surface area contributed by atoms with E-state index >= 15 is 0 Å². The minimum atomic E-state index is -0.415. The predicted octanol–water partition coefficient (Wildman–Crippen LogP) is 4.07. The molecule has 128 valence electrons. The van der Waals surface area contributed by atoms with E-state index in [1.807, 2.05) is 31.2 Å². The zero-order valence-electron chi connectivity index (χ0n) is 13.2. The summed E-state index contributed by atoms with van der Waals surface area (Å²) in [6.07, 6.45) is 0. The number of non-ortho nitro benzene ring substituents is 1. The Bertz CT molecular complexity index is 930. The van der Waals surface area contributed by atoms with Crippen LogP contribution >= 0.6 is 23.4 Å². The second-order valence-corrected chi connectivity index (χ2v) is 6.98. The van der Waals surface area contributed by atoms with Gasteiger partial charge in [0.15, 0.2) is 5.82 Å². The first-order chi connectivity index (χ1) is 12.0. The van der Waals surface area contributed by atoms with E-state index in [2.05, 4.69) is 10.2 Å². The maximum atomic E-state index is 10.9. The van der Waals surface area contributed by atoms with Gasteiger partial charge in [-0.15, -0.1) is 10.2 Å². The SMILES string of the molecule is C[C@H](Sc1nnc(-c2ccccc2Cl)n1N)c1cccc([N+](=O)[O-])c1. The molecule has 2 aromatic carbocycles. The Balaban J connectivity index is 1.86. The van der Waals surface area contributed by atoms with Gasteiger partial charge in [-0.2, -0.15) is 0 Å². The molecule has 0 aliphatic rings. The molecule has 9 heteroatoms. The molecule has 0 radical (unpaired) electrons. The Kier molecular flexibility index (Phi) is 4.91. The lowest BCUT2D eigenvalue weighted by Gasteiger charge is -2.11. The molecule has 0 aliphatic carbocycles. The van der Waals surface area contributed by atoms with Crippen LogP contribution in [0.2, 0.25) is 5.02 Å². The fraction of sp³-hybridized carbons (Fsp3) is 0.125. The number of nitro benzene ring substituents is 1. The maximum absolute atomic E-state index is 10.9. The van der Waals surface area contributed by atoms with Crippen LogP contribution in [0.25, 0.3) is 11.4 Å². The van der Waals surface area contributed by atoms with Crippen molar-refractivity contribution < 1.29 is 4.92 Å². The van der Waals surface area contributed by atoms with Gasteiger partial charge < -0.3 is 5.84 Å². The van der Waals surface area contributed by atoms with Gasteiger partial charge in [-0.3, -0.25) is 10.1 Å². The van der Waals surface area contributed by atoms with Crippen LogP contribution in [0.1, 0.15) is 17.7 Å². The van der Waals surface area contributed by atoms with Crippen molar-refractivity contribution in [3.8, 4) is 11.4 Å². The number of aromatic nitrogens is 3. The van der Waals surface area contributed by atoms with E-state index in [9.17, 15) is 10.1 Å². The lowest BCUT2D eigenvalue weighted by Crippen LogP contribution is -2.12. The molecule has 3 aromatic rings. The topological polar surface area (TPSA) is 99.9 Å². The number of rotatable bonds is 5. The van der Waals surface area contributed by atoms with Crippen LogP contribution < -0.4 is 5.84 Å². The summed E-state index contributed by atoms with van der Waals surface area (Å²) in [7, 11) is 0. The van der Waals surface area contributed by atoms with E-state index < -0.39 is 4.92 Å². The highest BCUT2D eigenvalue weighted by molar-refractivity contribution is 7.99. The largest absolute Gasteiger partial charge is 0.335 e. The van der Waals surface area contributed by atoms with Crippen molar-refractivity contribution in [3.05, 3.63) is 69.2 Å². The Labute approximate surface area is 152 Å². The third kappa shape index (κ3) is 3.59. The normalized spacial score (nSPS) is 12.1. The molecule has 0 aliphatic heterocycles. The number of nitro groups is 1. The molecule has 3 rings (SSSR count). The first-order valence-corrected chi connectivity index (χ1v) is 8.59. The number of hydrogen-bond donors (Lipinski definition) is 1. The number of nitrogens with two attached hydrogens (primary N) is 1. The highest BCUT2D eigenvalue weighted by atomic mass is 35.5. The van der Waals surface area contributed by atoms with Gasteiger partial charge in [0.1, 0.15) is 0 Å². The van der Waals surface area contributed by atoms with Crippen molar-refractivity contribution in [2.75, 3.05) is 5.84 Å². The lowest BCUT2D eigenvalue weighted by molar-refractivity contribution is -0.384. The van der Waals surface area contributed by atoms with E-state index in [4.69, 9.17) is 17.4 Å². The zero-order valence-corrected chi connectivity index (χ0v) is 14.7. The Morgan fingerprint density at radius 1 is 1.24 bits per heavy atom. The first-order valence-electron chi connectivity index (χ1n) is 7.33. The highest BCUT2D eigenvalue weighted by Gasteiger charge is 2.18. The summed E-state index contributed by atoms with van der Waals surface area (Å²) < 4.78 is 1.37. The molecule has 0 bridgehead atoms. The van der Waals surface area contributed by atoms with Gasteiger partial charge >= 0.3 is 0 Å². The number of halogens is 1. The van der Waals surface area contributed by atoms with Gasteiger partial charge in [0, 0.05) is 22.9 Å². The standard InChI is InChI=1S/C16H14ClN5O2S/c1-10(11-5-4-6-12(9-11)22(23)24)25-16-20-19-15(21(16)18)13-7-2-3-8-14(13)17/h2-10H,18H2,1H3/t10-/m0/s1. The van der Waals surface area contributed by atoms with E-state index in [0.717, 1.165) is 5.56 Å². The maximum Gasteiger partial charge on any atom is 0.269 e. The van der Waals surface area contributed by atoms with E-state index in [0.29, 0.717) is 21.6 Å². The van der Waals surface area contributed by atoms with Crippen LogP contribution in [-0.4, -0.2) is 19.8 Å². The van der Waals surface area contributed by atoms with Crippen LogP contribution in [0.5, 0.6) is 0 Å². The van der Waals surface area contributed by atoms with Gasteiger partial charge in [-0.25, -0.2) is 4.68 Å². The summed E-state index contributed by atoms with van der Waals surface area (Å²) in [5.41, 5.74) is 1.55. The Hall–Kier alpha value is -2.58. The lowest BCUT2D eigenvalue weighted by atomic mass is 10.1. The van der Waals surface area contributed by atoms with Gasteiger partial charge in [-0.05, 0) is 24.6 Å². The monoisotopic (exact) mass is 375 g/mol. The molecule has 0 saturated carbocycles. The molecule has 0 saturated heterocycles. The average Bonchev–Trinajstić information content (AvgIpc) is 2.96. The van der Waals surface area contributed by atoms with Crippen LogP contribution in [0.15, 0.2) is 53.7 Å². The summed E-state index contributed by atoms with van der Waals surface area (Å²) in [4.78, 5) is 10.5. The van der Waals surface area contributed by atoms with Crippen molar-refractivity contribution in [1.82, 2.24) is 14.9 Å². The predicted molar refractivity (Wildman–Crippen MR) is 98.0 cm³/mol. The van der Waals surface area contributed by atoms with Gasteiger partial charge in [0.25, 0.3) is 5.69 Å². The molecule has 1 heterocycles. The number of nitrogens with zero attached hydrogens (tertiary/aromatic N) is 4. The summed E-state index contributed by atoms with van der Waals surface area (Å²) >= 11 is 7.55. The second-order valence-electron chi connectivity index (χ2n) is 5.27. The molecule has 0 amide bonds. The minimum absolute atomic E-state index is 0.0518. The summed E-state index contributed by atoms with van der Waals surface area (Å²) in [6.45, 7) is 1.92. The van der Waals surface area contributed by atoms with Crippen molar-refractivity contribution >= 4 is 29.1 Å². The molecule has 0 fully saturated rings. The molecular formula is C16H14ClN5O2S. The summed E-state index contributed by atoms with van der Waals surface area (Å²) in [5, 5.41) is 20.1. The molecular weight excluding hydrogens is 362 g/mol. The quantitative estimate of drug-likeness (QED) is 0.312. The summed E-state index contributed by atoms with van der Waals surface area (Å²) in [6, 6.07) is 13.7. The van der Waals surface area contributed by atoms with E-state index in [-0.39, 0.29) is 10.9 Å². The third-order valence-corrected chi connectivity index (χ3v) is 5.06. The van der Waals surface area contributed by atoms with Crippen LogP contribution in [0.4, 0.5) is 5.69 Å². The van der Waals surface area contributed by atoms with Crippen molar-refractivity contribution in [1.29, 1.82) is 0 Å². The highest BCUT2D eigenvalue weighted by Crippen LogP contribution is 2.36. The van der Waals surface area contributed by atoms with E-state index in [1.165, 1.54) is 22.5 Å². The number of benzene rings is 2. The van der Waals surface area contributed by atoms with Crippen molar-refractivity contribution in [2.45, 2.75) is 17.3 Å². The molecule has 0 spiro atoms. The Morgan fingerprint density at radius 3 is 2.72 bits per heavy atom. The van der Waals surface area contributed by atoms with Crippen LogP contribution in [0.3, 0.4) is 0 Å². The molecule has 7 nitrogen and oxygen atoms in total. The van der Waals surface area contributed by atoms with Crippen LogP contribution in [-0.2, 0) is 0 Å². The third-order valence-electron chi connectivity index (χ3n) is 3.61. The van der Waals surface area contributed by atoms with Gasteiger partial charge in [0.05, 0.1) is 9.95 Å². The Morgan fingerprint density at radius 2 is 2.00 bits per heavy atom. The second kappa shape index (κ2) is 7.12. The molecule has 25 heavy (non-hydrogen) atoms. The molecule has 1 atom stereocenters. The first kappa shape index (κ1) is 17.2. The average molecular weight is 376 g/mol. The zero-order chi connectivity index (χ0) is 18.0. The van der Waals surface area contributed by atoms with Crippen molar-refractivity contribution in [3.63, 3.8) is 0 Å². The fourth-order valence-corrected chi connectivity index (χ4v) is 3.41. The minimum Gasteiger partial charge on any atom is -0.335 e. The van der Waals surface area contributed by atoms with E-state index in [1.54, 1.807) is 18.2 Å². The number of hydrogen-bond acceptors (Lipinski definition) is 6. The smallest absolute Gasteiger partial charge is 0.269 e. The van der Waals surface area contributed by atoms with Crippen LogP contribution in [0, 0.1) is 10.1 Å². The number of thioether (sulfide) groups is 1. The van der Waals surface area contributed by atoms with Gasteiger partial charge in [-0.1, -0.05) is 47.6 Å². The molecule has 0 unspecified atom stereocenters.